The van der Waals surface area contributed by atoms with Crippen molar-refractivity contribution in [3.05, 3.63) is 0 Å². The van der Waals surface area contributed by atoms with Crippen LogP contribution in [0, 0.1) is 0 Å². The first-order valence-corrected chi connectivity index (χ1v) is 7.12. The molecule has 0 aromatic rings. The van der Waals surface area contributed by atoms with Crippen LogP contribution in [-0.4, -0.2) is 78.9 Å². The number of aliphatic carboxylic acids is 1. The van der Waals surface area contributed by atoms with Crippen LogP contribution >= 0.6 is 0 Å². The topological polar surface area (TPSA) is 82.1 Å². The highest BCUT2D eigenvalue weighted by atomic mass is 16.5. The number of nitrogens with one attached hydrogen (secondary N) is 1. The second-order valence-electron chi connectivity index (χ2n) is 5.50. The van der Waals surface area contributed by atoms with Crippen LogP contribution in [0.4, 0.5) is 4.79 Å². The second kappa shape index (κ2) is 6.90. The van der Waals surface area contributed by atoms with Crippen LogP contribution in [0.2, 0.25) is 0 Å². The molecule has 0 bridgehead atoms. The van der Waals surface area contributed by atoms with Crippen molar-refractivity contribution in [3.8, 4) is 0 Å². The zero-order chi connectivity index (χ0) is 14.5. The van der Waals surface area contributed by atoms with Crippen molar-refractivity contribution in [3.63, 3.8) is 0 Å². The maximum Gasteiger partial charge on any atom is 0.317 e. The summed E-state index contributed by atoms with van der Waals surface area (Å²) in [5.41, 5.74) is 0. The lowest BCUT2D eigenvalue weighted by Crippen LogP contribution is -2.51. The van der Waals surface area contributed by atoms with Gasteiger partial charge in [0.2, 0.25) is 0 Å². The lowest BCUT2D eigenvalue weighted by molar-refractivity contribution is -0.137. The van der Waals surface area contributed by atoms with Crippen molar-refractivity contribution in [1.29, 1.82) is 0 Å². The molecule has 2 N–H and O–H groups in total. The third kappa shape index (κ3) is 4.08. The summed E-state index contributed by atoms with van der Waals surface area (Å²) < 4.78 is 5.75. The summed E-state index contributed by atoms with van der Waals surface area (Å²) in [7, 11) is 1.59. The Bertz CT molecular complexity index is 364. The quantitative estimate of drug-likeness (QED) is 0.741. The maximum absolute atomic E-state index is 11.8. The molecule has 0 radical (unpaired) electrons. The molecule has 2 atom stereocenters. The third-order valence-corrected chi connectivity index (χ3v) is 3.95. The number of hydrogen-bond acceptors (Lipinski definition) is 4. The zero-order valence-electron chi connectivity index (χ0n) is 11.9. The van der Waals surface area contributed by atoms with Crippen molar-refractivity contribution in [1.82, 2.24) is 15.1 Å². The lowest BCUT2D eigenvalue weighted by atomic mass is 10.2. The molecule has 0 aliphatic carbocycles. The van der Waals surface area contributed by atoms with Crippen LogP contribution in [0.5, 0.6) is 0 Å². The predicted molar refractivity (Wildman–Crippen MR) is 72.6 cm³/mol. The van der Waals surface area contributed by atoms with Crippen molar-refractivity contribution < 1.29 is 19.4 Å². The largest absolute Gasteiger partial charge is 0.481 e. The molecule has 2 heterocycles. The highest BCUT2D eigenvalue weighted by Crippen LogP contribution is 2.22. The molecule has 7 heteroatoms. The molecule has 0 aromatic heterocycles. The summed E-state index contributed by atoms with van der Waals surface area (Å²) in [4.78, 5) is 26.0. The fraction of sp³-hybridized carbons (Fsp3) is 0.846. The van der Waals surface area contributed by atoms with E-state index in [0.29, 0.717) is 12.6 Å². The number of amides is 2. The van der Waals surface area contributed by atoms with E-state index < -0.39 is 5.97 Å². The molecule has 2 rings (SSSR count). The molecule has 2 fully saturated rings. The van der Waals surface area contributed by atoms with Gasteiger partial charge in [-0.1, -0.05) is 0 Å². The fourth-order valence-electron chi connectivity index (χ4n) is 2.71. The van der Waals surface area contributed by atoms with Crippen molar-refractivity contribution in [2.75, 3.05) is 39.8 Å². The van der Waals surface area contributed by atoms with Gasteiger partial charge in [-0.25, -0.2) is 4.79 Å². The number of morpholine rings is 1. The summed E-state index contributed by atoms with van der Waals surface area (Å²) in [6.07, 6.45) is 2.42. The number of fused-ring (bicyclic) bond motifs is 1. The first-order chi connectivity index (χ1) is 9.56. The van der Waals surface area contributed by atoms with Gasteiger partial charge in [0.15, 0.2) is 0 Å². The van der Waals surface area contributed by atoms with Crippen LogP contribution in [0.25, 0.3) is 0 Å². The van der Waals surface area contributed by atoms with E-state index in [1.165, 1.54) is 17.7 Å². The molecule has 0 aromatic carbocycles. The van der Waals surface area contributed by atoms with Crippen LogP contribution in [-0.2, 0) is 9.53 Å². The highest BCUT2D eigenvalue weighted by Gasteiger charge is 2.32. The number of nitrogens with zero attached hydrogens (tertiary/aromatic N) is 2. The number of carbonyl (C=O) groups excluding carboxylic acids is 1. The standard InChI is InChI=1S/C13H23N3O4/c1-15(6-4-12(17)18)13(19)14-7-11-8-16-5-2-3-10(16)9-20-11/h10-11H,2-9H2,1H3,(H,14,19)(H,17,18). The van der Waals surface area contributed by atoms with Gasteiger partial charge in [0.25, 0.3) is 0 Å². The Labute approximate surface area is 118 Å². The minimum absolute atomic E-state index is 0.0289. The molecule has 0 saturated carbocycles. The van der Waals surface area contributed by atoms with Crippen LogP contribution < -0.4 is 5.32 Å². The molecule has 2 amide bonds. The van der Waals surface area contributed by atoms with E-state index in [1.807, 2.05) is 0 Å². The van der Waals surface area contributed by atoms with Gasteiger partial charge >= 0.3 is 12.0 Å². The summed E-state index contributed by atoms with van der Waals surface area (Å²) in [6, 6.07) is 0.304. The van der Waals surface area contributed by atoms with Crippen LogP contribution in [0.15, 0.2) is 0 Å². The van der Waals surface area contributed by atoms with Crippen molar-refractivity contribution in [2.45, 2.75) is 31.4 Å². The average Bonchev–Trinajstić information content (AvgIpc) is 2.89. The summed E-state index contributed by atoms with van der Waals surface area (Å²) in [5, 5.41) is 11.4. The molecule has 7 nitrogen and oxygen atoms in total. The Kier molecular flexibility index (Phi) is 5.19. The van der Waals surface area contributed by atoms with E-state index in [0.717, 1.165) is 19.7 Å². The highest BCUT2D eigenvalue weighted by molar-refractivity contribution is 5.75. The van der Waals surface area contributed by atoms with Gasteiger partial charge in [-0.05, 0) is 19.4 Å². The second-order valence-corrected chi connectivity index (χ2v) is 5.50. The van der Waals surface area contributed by atoms with E-state index in [2.05, 4.69) is 10.2 Å². The number of rotatable bonds is 5. The fourth-order valence-corrected chi connectivity index (χ4v) is 2.71. The summed E-state index contributed by atoms with van der Waals surface area (Å²) in [5.74, 6) is -0.902. The molecule has 2 aliphatic rings. The monoisotopic (exact) mass is 285 g/mol. The minimum atomic E-state index is -0.902. The van der Waals surface area contributed by atoms with Gasteiger partial charge in [0, 0.05) is 32.7 Å². The molecule has 20 heavy (non-hydrogen) atoms. The maximum atomic E-state index is 11.8. The van der Waals surface area contributed by atoms with E-state index in [-0.39, 0.29) is 25.1 Å². The Morgan fingerprint density at radius 3 is 3.05 bits per heavy atom. The Hall–Kier alpha value is -1.34. The predicted octanol–water partition coefficient (Wildman–Crippen LogP) is -0.0343. The van der Waals surface area contributed by atoms with Gasteiger partial charge < -0.3 is 20.1 Å². The van der Waals surface area contributed by atoms with Gasteiger partial charge in [0.05, 0.1) is 19.1 Å². The van der Waals surface area contributed by atoms with E-state index in [4.69, 9.17) is 9.84 Å². The van der Waals surface area contributed by atoms with Gasteiger partial charge in [0.1, 0.15) is 0 Å². The van der Waals surface area contributed by atoms with Gasteiger partial charge in [-0.3, -0.25) is 9.69 Å². The van der Waals surface area contributed by atoms with E-state index >= 15 is 0 Å². The number of carboxylic acids is 1. The van der Waals surface area contributed by atoms with Crippen LogP contribution in [0.3, 0.4) is 0 Å². The number of ether oxygens (including phenoxy) is 1. The third-order valence-electron chi connectivity index (χ3n) is 3.95. The number of hydrogen-bond donors (Lipinski definition) is 2. The Morgan fingerprint density at radius 1 is 1.50 bits per heavy atom. The first kappa shape index (κ1) is 15.1. The number of carboxylic acid groups (broad SMARTS) is 1. The molecule has 0 spiro atoms. The molecular weight excluding hydrogens is 262 g/mol. The Morgan fingerprint density at radius 2 is 2.30 bits per heavy atom. The molecule has 2 aliphatic heterocycles. The van der Waals surface area contributed by atoms with E-state index in [1.54, 1.807) is 7.05 Å². The number of carbonyl (C=O) groups is 2. The van der Waals surface area contributed by atoms with Gasteiger partial charge in [-0.2, -0.15) is 0 Å². The van der Waals surface area contributed by atoms with Crippen molar-refractivity contribution in [2.24, 2.45) is 0 Å². The molecule has 2 saturated heterocycles. The normalized spacial score (nSPS) is 26.1. The Balaban J connectivity index is 1.66. The van der Waals surface area contributed by atoms with Gasteiger partial charge in [-0.15, -0.1) is 0 Å². The van der Waals surface area contributed by atoms with Crippen LogP contribution in [0.1, 0.15) is 19.3 Å². The summed E-state index contributed by atoms with van der Waals surface area (Å²) in [6.45, 7) is 3.41. The summed E-state index contributed by atoms with van der Waals surface area (Å²) >= 11 is 0. The average molecular weight is 285 g/mol. The molecule has 114 valence electrons. The SMILES string of the molecule is CN(CCC(=O)O)C(=O)NCC1CN2CCCC2CO1. The smallest absolute Gasteiger partial charge is 0.317 e. The van der Waals surface area contributed by atoms with Crippen molar-refractivity contribution >= 4 is 12.0 Å². The zero-order valence-corrected chi connectivity index (χ0v) is 11.9. The minimum Gasteiger partial charge on any atom is -0.481 e. The van der Waals surface area contributed by atoms with E-state index in [9.17, 15) is 9.59 Å². The number of urea groups is 1. The first-order valence-electron chi connectivity index (χ1n) is 7.12. The lowest BCUT2D eigenvalue weighted by Gasteiger charge is -2.35. The molecule has 2 unspecified atom stereocenters. The molecular formula is C13H23N3O4.